The maximum atomic E-state index is 12.7. The summed E-state index contributed by atoms with van der Waals surface area (Å²) < 4.78 is 16.4. The lowest BCUT2D eigenvalue weighted by Gasteiger charge is -2.61. The predicted octanol–water partition coefficient (Wildman–Crippen LogP) is 6.90. The van der Waals surface area contributed by atoms with Crippen LogP contribution in [0.5, 0.6) is 0 Å². The van der Waals surface area contributed by atoms with Crippen LogP contribution in [0.2, 0.25) is 0 Å². The topological polar surface area (TPSA) is 108 Å². The summed E-state index contributed by atoms with van der Waals surface area (Å²) in [6.07, 6.45) is 8.85. The first-order valence-electron chi connectivity index (χ1n) is 17.1. The van der Waals surface area contributed by atoms with Gasteiger partial charge in [-0.3, -0.25) is 19.2 Å². The van der Waals surface area contributed by atoms with Crippen molar-refractivity contribution in [1.82, 2.24) is 5.32 Å². The molecule has 4 unspecified atom stereocenters. The molecule has 2 spiro atoms. The molecule has 6 rings (SSSR count). The second-order valence-electron chi connectivity index (χ2n) is 16.0. The molecular formula is C36H48Cl3NO7. The number of nitrogens with one attached hydrogen (secondary N) is 1. The summed E-state index contributed by atoms with van der Waals surface area (Å²) in [4.78, 5) is 50.5. The lowest BCUT2D eigenvalue weighted by atomic mass is 9.43. The zero-order valence-electron chi connectivity index (χ0n) is 28.4. The van der Waals surface area contributed by atoms with Crippen molar-refractivity contribution in [2.75, 3.05) is 13.2 Å². The number of alkyl halides is 3. The van der Waals surface area contributed by atoms with Crippen molar-refractivity contribution in [3.8, 4) is 0 Å². The number of hydrogen-bond acceptors (Lipinski definition) is 7. The van der Waals surface area contributed by atoms with E-state index in [9.17, 15) is 19.2 Å². The molecule has 260 valence electrons. The van der Waals surface area contributed by atoms with E-state index in [4.69, 9.17) is 49.0 Å². The molecule has 11 heteroatoms. The van der Waals surface area contributed by atoms with Crippen molar-refractivity contribution < 1.29 is 33.4 Å². The third-order valence-electron chi connectivity index (χ3n) is 14.0. The van der Waals surface area contributed by atoms with E-state index < -0.39 is 21.8 Å². The molecule has 5 aliphatic carbocycles. The van der Waals surface area contributed by atoms with Crippen molar-refractivity contribution in [2.24, 2.45) is 57.2 Å². The van der Waals surface area contributed by atoms with Gasteiger partial charge >= 0.3 is 11.9 Å². The Morgan fingerprint density at radius 3 is 2.43 bits per heavy atom. The summed E-state index contributed by atoms with van der Waals surface area (Å²) in [7, 11) is 0. The first-order valence-corrected chi connectivity index (χ1v) is 18.2. The maximum Gasteiger partial charge on any atom is 0.303 e. The number of esters is 2. The maximum absolute atomic E-state index is 12.7. The van der Waals surface area contributed by atoms with Gasteiger partial charge in [0.1, 0.15) is 11.9 Å². The fourth-order valence-corrected chi connectivity index (χ4v) is 12.1. The molecule has 0 saturated heterocycles. The quantitative estimate of drug-likeness (QED) is 0.226. The zero-order valence-corrected chi connectivity index (χ0v) is 30.7. The SMILES string of the molecule is CC(=O)O[C@H]1C[C@@]2(C)[C@@H]3CC[C@H]4[C@H](C)C(=O)C=CC45CC35CC[C@]2(C)[C@H]1C(C)[C@@H](OC(C)=O)C1=C(CNC(=O)C(Cl)(Cl)Cl)C(C)CO1. The highest BCUT2D eigenvalue weighted by Crippen LogP contribution is 2.87. The van der Waals surface area contributed by atoms with Gasteiger partial charge in [-0.25, -0.2) is 0 Å². The average Bonchev–Trinajstić information content (AvgIpc) is 3.41. The summed E-state index contributed by atoms with van der Waals surface area (Å²) in [6, 6.07) is 0. The summed E-state index contributed by atoms with van der Waals surface area (Å²) in [5.41, 5.74) is 0.585. The molecule has 4 saturated carbocycles. The summed E-state index contributed by atoms with van der Waals surface area (Å²) in [5, 5.41) is 2.69. The minimum Gasteiger partial charge on any atom is -0.493 e. The second-order valence-corrected chi connectivity index (χ2v) is 18.3. The van der Waals surface area contributed by atoms with Crippen molar-refractivity contribution in [1.29, 1.82) is 0 Å². The summed E-state index contributed by atoms with van der Waals surface area (Å²) in [5.74, 6) is -0.454. The summed E-state index contributed by atoms with van der Waals surface area (Å²) in [6.45, 7) is 14.2. The minimum absolute atomic E-state index is 0.0480. The molecule has 0 aromatic rings. The van der Waals surface area contributed by atoms with Crippen molar-refractivity contribution >= 4 is 58.4 Å². The number of allylic oxidation sites excluding steroid dienone is 2. The van der Waals surface area contributed by atoms with Gasteiger partial charge in [-0.1, -0.05) is 75.5 Å². The standard InChI is InChI=1S/C36H48Cl3NO7/c1-18-16-45-30(23(18)15-40-31(44)36(37,38)39)29(47-22(5)42)20(3)28-26(46-21(4)41)14-33(7)27-9-8-24-19(2)25(43)10-11-34(24)17-35(27,34)13-12-32(28,33)6/h10-11,18-20,24,26-29H,8-9,12-17H2,1-7H3,(H,40,44)/t18?,19-,20?,24-,26-,27-,28-,29+,32+,33-,34?,35?/m0/s1. The zero-order chi connectivity index (χ0) is 34.5. The van der Waals surface area contributed by atoms with Crippen molar-refractivity contribution in [3.63, 3.8) is 0 Å². The third kappa shape index (κ3) is 5.19. The van der Waals surface area contributed by atoms with Crippen LogP contribution in [0.3, 0.4) is 0 Å². The lowest BCUT2D eigenvalue weighted by molar-refractivity contribution is -0.162. The number of ether oxygens (including phenoxy) is 3. The Morgan fingerprint density at radius 2 is 1.79 bits per heavy atom. The number of amides is 1. The first-order chi connectivity index (χ1) is 21.8. The number of hydrogen-bond donors (Lipinski definition) is 1. The van der Waals surface area contributed by atoms with E-state index in [2.05, 4.69) is 39.1 Å². The van der Waals surface area contributed by atoms with Gasteiger partial charge in [0, 0.05) is 44.1 Å². The van der Waals surface area contributed by atoms with E-state index in [0.29, 0.717) is 24.2 Å². The minimum atomic E-state index is -2.12. The molecule has 47 heavy (non-hydrogen) atoms. The Hall–Kier alpha value is -1.77. The number of carbonyl (C=O) groups excluding carboxylic acids is 4. The van der Waals surface area contributed by atoms with Crippen LogP contribution in [-0.4, -0.2) is 52.8 Å². The second kappa shape index (κ2) is 11.7. The molecule has 0 bridgehead atoms. The first kappa shape index (κ1) is 35.1. The number of rotatable bonds is 7. The van der Waals surface area contributed by atoms with Gasteiger partial charge < -0.3 is 19.5 Å². The van der Waals surface area contributed by atoms with E-state index in [1.165, 1.54) is 13.8 Å². The van der Waals surface area contributed by atoms with Gasteiger partial charge in [0.2, 0.25) is 0 Å². The van der Waals surface area contributed by atoms with E-state index in [1.807, 2.05) is 13.0 Å². The molecule has 0 aromatic carbocycles. The third-order valence-corrected chi connectivity index (χ3v) is 14.6. The van der Waals surface area contributed by atoms with Crippen LogP contribution in [0.1, 0.15) is 87.0 Å². The van der Waals surface area contributed by atoms with Crippen LogP contribution >= 0.6 is 34.8 Å². The molecule has 6 aliphatic rings. The Kier molecular flexibility index (Phi) is 8.69. The van der Waals surface area contributed by atoms with Gasteiger partial charge in [0.15, 0.2) is 11.9 Å². The molecule has 0 aromatic heterocycles. The van der Waals surface area contributed by atoms with Gasteiger partial charge in [-0.15, -0.1) is 0 Å². The molecule has 1 heterocycles. The van der Waals surface area contributed by atoms with E-state index in [-0.39, 0.29) is 69.7 Å². The fourth-order valence-electron chi connectivity index (χ4n) is 11.9. The molecule has 8 nitrogen and oxygen atoms in total. The van der Waals surface area contributed by atoms with Crippen LogP contribution in [0.4, 0.5) is 0 Å². The monoisotopic (exact) mass is 711 g/mol. The normalized spacial score (nSPS) is 43.1. The van der Waals surface area contributed by atoms with E-state index >= 15 is 0 Å². The van der Waals surface area contributed by atoms with Crippen molar-refractivity contribution in [2.45, 2.75) is 103 Å². The Morgan fingerprint density at radius 1 is 1.09 bits per heavy atom. The van der Waals surface area contributed by atoms with Crippen LogP contribution in [0.25, 0.3) is 0 Å². The Labute approximate surface area is 293 Å². The largest absolute Gasteiger partial charge is 0.493 e. The molecular weight excluding hydrogens is 665 g/mol. The highest BCUT2D eigenvalue weighted by molar-refractivity contribution is 6.76. The number of ketones is 1. The molecule has 4 fully saturated rings. The number of halogens is 3. The van der Waals surface area contributed by atoms with Crippen LogP contribution < -0.4 is 5.32 Å². The van der Waals surface area contributed by atoms with Crippen LogP contribution in [0.15, 0.2) is 23.5 Å². The summed E-state index contributed by atoms with van der Waals surface area (Å²) >= 11 is 17.4. The fraction of sp³-hybridized carbons (Fsp3) is 0.778. The molecule has 12 atom stereocenters. The van der Waals surface area contributed by atoms with Crippen LogP contribution in [0, 0.1) is 57.2 Å². The smallest absolute Gasteiger partial charge is 0.303 e. The molecule has 1 aliphatic heterocycles. The Bertz CT molecular complexity index is 1440. The molecule has 1 amide bonds. The van der Waals surface area contributed by atoms with Gasteiger partial charge in [0.25, 0.3) is 9.70 Å². The van der Waals surface area contributed by atoms with Gasteiger partial charge in [-0.05, 0) is 83.7 Å². The van der Waals surface area contributed by atoms with Gasteiger partial charge in [-0.2, -0.15) is 0 Å². The van der Waals surface area contributed by atoms with E-state index in [1.54, 1.807) is 0 Å². The highest BCUT2D eigenvalue weighted by atomic mass is 35.6. The Balaban J connectivity index is 1.37. The number of fused-ring (bicyclic) bond motifs is 2. The van der Waals surface area contributed by atoms with Gasteiger partial charge in [0.05, 0.1) is 6.61 Å². The van der Waals surface area contributed by atoms with E-state index in [0.717, 1.165) is 44.1 Å². The molecule has 1 N–H and O–H groups in total. The number of carbonyl (C=O) groups is 4. The average molecular weight is 713 g/mol. The van der Waals surface area contributed by atoms with Crippen molar-refractivity contribution in [3.05, 3.63) is 23.5 Å². The predicted molar refractivity (Wildman–Crippen MR) is 178 cm³/mol. The van der Waals surface area contributed by atoms with Crippen LogP contribution in [-0.2, 0) is 33.4 Å². The molecule has 0 radical (unpaired) electrons. The lowest BCUT2D eigenvalue weighted by Crippen LogP contribution is -2.55. The highest BCUT2D eigenvalue weighted by Gasteiger charge is 2.81.